The van der Waals surface area contributed by atoms with E-state index in [1.807, 2.05) is 60.0 Å². The van der Waals surface area contributed by atoms with Gasteiger partial charge in [-0.15, -0.1) is 10.2 Å². The molecule has 3 aromatic rings. The molecule has 0 radical (unpaired) electrons. The molecule has 124 valence electrons. The number of nitrogens with one attached hydrogen (secondary N) is 2. The number of fused-ring (bicyclic) bond motifs is 1. The predicted molar refractivity (Wildman–Crippen MR) is 94.0 cm³/mol. The van der Waals surface area contributed by atoms with Crippen molar-refractivity contribution in [3.63, 3.8) is 0 Å². The van der Waals surface area contributed by atoms with Crippen molar-refractivity contribution in [2.75, 3.05) is 18.4 Å². The molecule has 2 N–H and O–H groups in total. The first-order valence-corrected chi connectivity index (χ1v) is 8.09. The molecule has 3 rings (SSSR count). The smallest absolute Gasteiger partial charge is 0.221 e. The third kappa shape index (κ3) is 3.90. The molecular formula is C18H21N5O. The lowest BCUT2D eigenvalue weighted by Crippen LogP contribution is -2.27. The average Bonchev–Trinajstić information content (AvgIpc) is 3.00. The van der Waals surface area contributed by atoms with Gasteiger partial charge in [0.05, 0.1) is 0 Å². The van der Waals surface area contributed by atoms with Crippen LogP contribution in [0, 0.1) is 6.92 Å². The molecule has 6 nitrogen and oxygen atoms in total. The maximum absolute atomic E-state index is 11.9. The number of aromatic nitrogens is 3. The van der Waals surface area contributed by atoms with Gasteiger partial charge in [0.1, 0.15) is 5.82 Å². The zero-order valence-electron chi connectivity index (χ0n) is 13.7. The van der Waals surface area contributed by atoms with Crippen LogP contribution in [0.2, 0.25) is 0 Å². The highest BCUT2D eigenvalue weighted by Crippen LogP contribution is 2.12. The second kappa shape index (κ2) is 7.59. The molecule has 0 saturated carbocycles. The lowest BCUT2D eigenvalue weighted by Gasteiger charge is -2.09. The molecule has 0 saturated heterocycles. The fourth-order valence-electron chi connectivity index (χ4n) is 2.55. The van der Waals surface area contributed by atoms with Crippen LogP contribution in [-0.2, 0) is 11.2 Å². The van der Waals surface area contributed by atoms with E-state index >= 15 is 0 Å². The van der Waals surface area contributed by atoms with Gasteiger partial charge in [-0.25, -0.2) is 0 Å². The largest absolute Gasteiger partial charge is 0.384 e. The number of hydrogen-bond acceptors (Lipinski definition) is 4. The first-order valence-electron chi connectivity index (χ1n) is 8.09. The van der Waals surface area contributed by atoms with Crippen molar-refractivity contribution in [3.05, 3.63) is 60.0 Å². The zero-order chi connectivity index (χ0) is 16.8. The normalized spacial score (nSPS) is 10.7. The summed E-state index contributed by atoms with van der Waals surface area (Å²) in [5, 5.41) is 14.5. The van der Waals surface area contributed by atoms with Gasteiger partial charge in [0, 0.05) is 37.8 Å². The van der Waals surface area contributed by atoms with Crippen LogP contribution in [0.3, 0.4) is 0 Å². The van der Waals surface area contributed by atoms with Crippen LogP contribution in [-0.4, -0.2) is 33.6 Å². The average molecular weight is 323 g/mol. The lowest BCUT2D eigenvalue weighted by atomic mass is 10.2. The van der Waals surface area contributed by atoms with Crippen molar-refractivity contribution in [2.24, 2.45) is 0 Å². The Morgan fingerprint density at radius 1 is 1.08 bits per heavy atom. The van der Waals surface area contributed by atoms with E-state index in [0.717, 1.165) is 17.2 Å². The van der Waals surface area contributed by atoms with Gasteiger partial charge in [0.2, 0.25) is 5.91 Å². The summed E-state index contributed by atoms with van der Waals surface area (Å²) in [6.07, 6.45) is 3.02. The Morgan fingerprint density at radius 3 is 2.79 bits per heavy atom. The van der Waals surface area contributed by atoms with Gasteiger partial charge >= 0.3 is 0 Å². The van der Waals surface area contributed by atoms with Crippen LogP contribution >= 0.6 is 0 Å². The number of nitrogens with zero attached hydrogens (tertiary/aromatic N) is 3. The van der Waals surface area contributed by atoms with Crippen LogP contribution < -0.4 is 10.6 Å². The van der Waals surface area contributed by atoms with Gasteiger partial charge in [0.25, 0.3) is 0 Å². The first kappa shape index (κ1) is 16.0. The van der Waals surface area contributed by atoms with E-state index in [1.165, 1.54) is 5.56 Å². The van der Waals surface area contributed by atoms with Gasteiger partial charge in [-0.2, -0.15) is 0 Å². The molecule has 2 heterocycles. The summed E-state index contributed by atoms with van der Waals surface area (Å²) in [6.45, 7) is 3.22. The molecule has 6 heteroatoms. The minimum absolute atomic E-state index is 0.0323. The number of pyridine rings is 1. The van der Waals surface area contributed by atoms with E-state index in [4.69, 9.17) is 0 Å². The van der Waals surface area contributed by atoms with Crippen molar-refractivity contribution >= 4 is 17.2 Å². The van der Waals surface area contributed by atoms with Gasteiger partial charge < -0.3 is 10.6 Å². The number of hydrogen-bond donors (Lipinski definition) is 2. The van der Waals surface area contributed by atoms with Crippen LogP contribution in [0.4, 0.5) is 5.69 Å². The summed E-state index contributed by atoms with van der Waals surface area (Å²) in [4.78, 5) is 11.9. The van der Waals surface area contributed by atoms with E-state index in [9.17, 15) is 4.79 Å². The van der Waals surface area contributed by atoms with Gasteiger partial charge in [0.15, 0.2) is 5.65 Å². The van der Waals surface area contributed by atoms with Crippen LogP contribution in [0.15, 0.2) is 48.7 Å². The molecule has 0 atom stereocenters. The number of para-hydroxylation sites is 1. The topological polar surface area (TPSA) is 71.3 Å². The Balaban J connectivity index is 1.41. The number of aryl methyl sites for hydroxylation is 1. The van der Waals surface area contributed by atoms with Crippen molar-refractivity contribution in [3.8, 4) is 0 Å². The summed E-state index contributed by atoms with van der Waals surface area (Å²) in [6, 6.07) is 13.8. The minimum Gasteiger partial charge on any atom is -0.384 e. The van der Waals surface area contributed by atoms with E-state index in [1.54, 1.807) is 0 Å². The summed E-state index contributed by atoms with van der Waals surface area (Å²) in [7, 11) is 0. The standard InChI is InChI=1S/C18H21N5O/c1-14-6-2-3-7-15(14)19-12-10-18(24)20-11-9-17-22-21-16-8-4-5-13-23(16)17/h2-8,13,19H,9-12H2,1H3,(H,20,24). The number of carbonyl (C=O) groups is 1. The molecule has 0 unspecified atom stereocenters. The maximum atomic E-state index is 11.9. The highest BCUT2D eigenvalue weighted by Gasteiger charge is 2.06. The molecule has 1 amide bonds. The Kier molecular flexibility index (Phi) is 5.05. The highest BCUT2D eigenvalue weighted by molar-refractivity contribution is 5.76. The Bertz CT molecular complexity index is 827. The third-order valence-electron chi connectivity index (χ3n) is 3.87. The Labute approximate surface area is 140 Å². The van der Waals surface area contributed by atoms with Crippen LogP contribution in [0.25, 0.3) is 5.65 Å². The van der Waals surface area contributed by atoms with E-state index in [0.29, 0.717) is 25.9 Å². The lowest BCUT2D eigenvalue weighted by molar-refractivity contribution is -0.120. The van der Waals surface area contributed by atoms with Crippen molar-refractivity contribution in [1.82, 2.24) is 19.9 Å². The zero-order valence-corrected chi connectivity index (χ0v) is 13.7. The predicted octanol–water partition coefficient (Wildman–Crippen LogP) is 2.20. The number of benzene rings is 1. The van der Waals surface area contributed by atoms with E-state index in [-0.39, 0.29) is 5.91 Å². The molecule has 0 bridgehead atoms. The second-order valence-corrected chi connectivity index (χ2v) is 5.64. The second-order valence-electron chi connectivity index (χ2n) is 5.64. The van der Waals surface area contributed by atoms with Crippen LogP contribution in [0.1, 0.15) is 17.8 Å². The third-order valence-corrected chi connectivity index (χ3v) is 3.87. The Morgan fingerprint density at radius 2 is 1.92 bits per heavy atom. The summed E-state index contributed by atoms with van der Waals surface area (Å²) in [5.41, 5.74) is 3.07. The molecule has 0 aliphatic heterocycles. The number of anilines is 1. The quantitative estimate of drug-likeness (QED) is 0.699. The molecule has 0 fully saturated rings. The molecule has 0 aliphatic rings. The minimum atomic E-state index is 0.0323. The van der Waals surface area contributed by atoms with Gasteiger partial charge in [-0.3, -0.25) is 9.20 Å². The SMILES string of the molecule is Cc1ccccc1NCCC(=O)NCCc1nnc2ccccn12. The first-order chi connectivity index (χ1) is 11.7. The molecule has 0 spiro atoms. The number of amides is 1. The van der Waals surface area contributed by atoms with Crippen molar-refractivity contribution in [1.29, 1.82) is 0 Å². The molecule has 0 aliphatic carbocycles. The molecule has 24 heavy (non-hydrogen) atoms. The van der Waals surface area contributed by atoms with Crippen molar-refractivity contribution in [2.45, 2.75) is 19.8 Å². The van der Waals surface area contributed by atoms with E-state index in [2.05, 4.69) is 20.8 Å². The number of rotatable bonds is 7. The summed E-state index contributed by atoms with van der Waals surface area (Å²) < 4.78 is 1.94. The highest BCUT2D eigenvalue weighted by atomic mass is 16.1. The van der Waals surface area contributed by atoms with E-state index < -0.39 is 0 Å². The van der Waals surface area contributed by atoms with Crippen molar-refractivity contribution < 1.29 is 4.79 Å². The monoisotopic (exact) mass is 323 g/mol. The van der Waals surface area contributed by atoms with Gasteiger partial charge in [-0.1, -0.05) is 24.3 Å². The summed E-state index contributed by atoms with van der Waals surface area (Å²) in [5.74, 6) is 0.883. The number of carbonyl (C=O) groups excluding carboxylic acids is 1. The molecule has 1 aromatic carbocycles. The van der Waals surface area contributed by atoms with Gasteiger partial charge in [-0.05, 0) is 30.7 Å². The molecule has 2 aromatic heterocycles. The summed E-state index contributed by atoms with van der Waals surface area (Å²) >= 11 is 0. The molecular weight excluding hydrogens is 302 g/mol. The Hall–Kier alpha value is -2.89. The fraction of sp³-hybridized carbons (Fsp3) is 0.278. The maximum Gasteiger partial charge on any atom is 0.221 e. The fourth-order valence-corrected chi connectivity index (χ4v) is 2.55. The van der Waals surface area contributed by atoms with Crippen LogP contribution in [0.5, 0.6) is 0 Å².